The first-order valence-electron chi connectivity index (χ1n) is 8.43. The normalized spacial score (nSPS) is 11.8. The summed E-state index contributed by atoms with van der Waals surface area (Å²) in [6.45, 7) is 4.39. The second kappa shape index (κ2) is 5.52. The van der Waals surface area contributed by atoms with E-state index in [-0.39, 0.29) is 0 Å². The Hall–Kier alpha value is -3.48. The Kier molecular flexibility index (Phi) is 3.15. The standard InChI is InChI=1S/C19H16N6O/c1-10(2)16-13-7-11(19-25-22-9-26-19)3-4-15(13)23-17(16)12-5-6-20-18-14(12)8-21-24-18/h3-10,23H,1-2H3,(H,20,21,24). The molecule has 7 nitrogen and oxygen atoms in total. The number of H-pyrrole nitrogens is 2. The fourth-order valence-corrected chi connectivity index (χ4v) is 3.53. The molecule has 0 aliphatic rings. The lowest BCUT2D eigenvalue weighted by molar-refractivity contribution is 0.569. The fourth-order valence-electron chi connectivity index (χ4n) is 3.53. The van der Waals surface area contributed by atoms with E-state index in [0.29, 0.717) is 11.8 Å². The second-order valence-corrected chi connectivity index (χ2v) is 6.56. The van der Waals surface area contributed by atoms with Crippen LogP contribution in [-0.2, 0) is 0 Å². The van der Waals surface area contributed by atoms with Gasteiger partial charge in [-0.3, -0.25) is 5.10 Å². The number of benzene rings is 1. The maximum Gasteiger partial charge on any atom is 0.247 e. The van der Waals surface area contributed by atoms with Crippen LogP contribution in [0.1, 0.15) is 25.3 Å². The molecule has 26 heavy (non-hydrogen) atoms. The van der Waals surface area contributed by atoms with Crippen LogP contribution in [0, 0.1) is 0 Å². The highest BCUT2D eigenvalue weighted by atomic mass is 16.4. The van der Waals surface area contributed by atoms with E-state index in [9.17, 15) is 0 Å². The maximum absolute atomic E-state index is 5.35. The summed E-state index contributed by atoms with van der Waals surface area (Å²) < 4.78 is 5.35. The lowest BCUT2D eigenvalue weighted by atomic mass is 9.95. The number of hydrogen-bond donors (Lipinski definition) is 2. The van der Waals surface area contributed by atoms with Gasteiger partial charge < -0.3 is 9.40 Å². The van der Waals surface area contributed by atoms with Gasteiger partial charge in [0.1, 0.15) is 0 Å². The van der Waals surface area contributed by atoms with E-state index in [2.05, 4.69) is 56.3 Å². The van der Waals surface area contributed by atoms with Crippen LogP contribution < -0.4 is 0 Å². The Balaban J connectivity index is 1.80. The molecule has 2 N–H and O–H groups in total. The number of rotatable bonds is 3. The highest BCUT2D eigenvalue weighted by molar-refractivity contribution is 5.99. The van der Waals surface area contributed by atoms with Gasteiger partial charge in [-0.1, -0.05) is 13.8 Å². The van der Waals surface area contributed by atoms with Crippen LogP contribution in [0.4, 0.5) is 0 Å². The lowest BCUT2D eigenvalue weighted by Gasteiger charge is -2.09. The average molecular weight is 344 g/mol. The van der Waals surface area contributed by atoms with E-state index in [0.717, 1.165) is 38.8 Å². The van der Waals surface area contributed by atoms with Crippen LogP contribution >= 0.6 is 0 Å². The zero-order valence-electron chi connectivity index (χ0n) is 14.3. The molecule has 0 amide bonds. The Morgan fingerprint density at radius 2 is 2.04 bits per heavy atom. The first-order valence-corrected chi connectivity index (χ1v) is 8.43. The molecule has 0 saturated carbocycles. The zero-order valence-corrected chi connectivity index (χ0v) is 14.3. The molecule has 1 aromatic carbocycles. The van der Waals surface area contributed by atoms with Gasteiger partial charge in [-0.05, 0) is 35.7 Å². The zero-order chi connectivity index (χ0) is 17.7. The van der Waals surface area contributed by atoms with Crippen LogP contribution in [0.5, 0.6) is 0 Å². The van der Waals surface area contributed by atoms with Crippen molar-refractivity contribution >= 4 is 21.9 Å². The van der Waals surface area contributed by atoms with Gasteiger partial charge in [0, 0.05) is 33.6 Å². The van der Waals surface area contributed by atoms with Crippen LogP contribution in [0.2, 0.25) is 0 Å². The van der Waals surface area contributed by atoms with Gasteiger partial charge in [-0.2, -0.15) is 5.10 Å². The molecule has 4 aromatic heterocycles. The Morgan fingerprint density at radius 1 is 1.12 bits per heavy atom. The number of aromatic nitrogens is 6. The molecule has 4 heterocycles. The quantitative estimate of drug-likeness (QED) is 0.509. The monoisotopic (exact) mass is 344 g/mol. The number of fused-ring (bicyclic) bond motifs is 2. The molecule has 5 rings (SSSR count). The Morgan fingerprint density at radius 3 is 2.85 bits per heavy atom. The molecule has 0 aliphatic carbocycles. The second-order valence-electron chi connectivity index (χ2n) is 6.56. The van der Waals surface area contributed by atoms with Crippen LogP contribution in [-0.4, -0.2) is 30.4 Å². The van der Waals surface area contributed by atoms with Gasteiger partial charge in [-0.15, -0.1) is 10.2 Å². The molecule has 0 spiro atoms. The summed E-state index contributed by atoms with van der Waals surface area (Å²) in [5.41, 5.74) is 6.18. The first-order chi connectivity index (χ1) is 12.7. The van der Waals surface area contributed by atoms with Gasteiger partial charge in [-0.25, -0.2) is 4.98 Å². The molecule has 0 radical (unpaired) electrons. The van der Waals surface area contributed by atoms with Crippen molar-refractivity contribution in [3.05, 3.63) is 48.6 Å². The summed E-state index contributed by atoms with van der Waals surface area (Å²) in [6, 6.07) is 8.16. The topological polar surface area (TPSA) is 96.3 Å². The van der Waals surface area contributed by atoms with E-state index >= 15 is 0 Å². The SMILES string of the molecule is CC(C)c1c(-c2ccnc3[nH]ncc23)[nH]c2ccc(-c3nnco3)cc12. The summed E-state index contributed by atoms with van der Waals surface area (Å²) in [6.07, 6.45) is 4.96. The smallest absolute Gasteiger partial charge is 0.247 e. The molecule has 0 saturated heterocycles. The van der Waals surface area contributed by atoms with Crippen molar-refractivity contribution in [2.24, 2.45) is 0 Å². The third-order valence-corrected chi connectivity index (χ3v) is 4.65. The minimum absolute atomic E-state index is 0.326. The predicted octanol–water partition coefficient (Wildman–Crippen LogP) is 4.28. The first kappa shape index (κ1) is 14.8. The third kappa shape index (κ3) is 2.13. The summed E-state index contributed by atoms with van der Waals surface area (Å²) >= 11 is 0. The van der Waals surface area contributed by atoms with E-state index in [1.165, 1.54) is 12.0 Å². The van der Waals surface area contributed by atoms with Crippen LogP contribution in [0.15, 0.2) is 47.5 Å². The minimum Gasteiger partial charge on any atom is -0.423 e. The fraction of sp³-hybridized carbons (Fsp3) is 0.158. The molecule has 5 aromatic rings. The number of nitrogens with zero attached hydrogens (tertiary/aromatic N) is 4. The van der Waals surface area contributed by atoms with Gasteiger partial charge in [0.2, 0.25) is 12.3 Å². The third-order valence-electron chi connectivity index (χ3n) is 4.65. The van der Waals surface area contributed by atoms with Crippen molar-refractivity contribution in [3.8, 4) is 22.7 Å². The van der Waals surface area contributed by atoms with Gasteiger partial charge in [0.15, 0.2) is 5.65 Å². The minimum atomic E-state index is 0.326. The van der Waals surface area contributed by atoms with Crippen molar-refractivity contribution in [2.75, 3.05) is 0 Å². The van der Waals surface area contributed by atoms with E-state index < -0.39 is 0 Å². The summed E-state index contributed by atoms with van der Waals surface area (Å²) in [7, 11) is 0. The molecular formula is C19H16N6O. The van der Waals surface area contributed by atoms with Crippen LogP contribution in [0.25, 0.3) is 44.6 Å². The van der Waals surface area contributed by atoms with Crippen molar-refractivity contribution < 1.29 is 4.42 Å². The number of aromatic amines is 2. The number of hydrogen-bond acceptors (Lipinski definition) is 5. The Bertz CT molecular complexity index is 1220. The maximum atomic E-state index is 5.35. The van der Waals surface area contributed by atoms with Gasteiger partial charge in [0.05, 0.1) is 11.9 Å². The molecule has 0 bridgehead atoms. The predicted molar refractivity (Wildman–Crippen MR) is 98.6 cm³/mol. The van der Waals surface area contributed by atoms with Crippen molar-refractivity contribution in [1.82, 2.24) is 30.4 Å². The highest BCUT2D eigenvalue weighted by Gasteiger charge is 2.19. The number of nitrogens with one attached hydrogen (secondary N) is 2. The van der Waals surface area contributed by atoms with E-state index in [4.69, 9.17) is 4.42 Å². The molecule has 0 aliphatic heterocycles. The van der Waals surface area contributed by atoms with Crippen LogP contribution in [0.3, 0.4) is 0 Å². The van der Waals surface area contributed by atoms with E-state index in [1.807, 2.05) is 18.3 Å². The molecule has 0 fully saturated rings. The van der Waals surface area contributed by atoms with Crippen molar-refractivity contribution in [1.29, 1.82) is 0 Å². The molecule has 128 valence electrons. The van der Waals surface area contributed by atoms with Crippen molar-refractivity contribution in [3.63, 3.8) is 0 Å². The molecule has 7 heteroatoms. The van der Waals surface area contributed by atoms with Gasteiger partial charge >= 0.3 is 0 Å². The average Bonchev–Trinajstić information content (AvgIpc) is 3.38. The van der Waals surface area contributed by atoms with Gasteiger partial charge in [0.25, 0.3) is 0 Å². The molecular weight excluding hydrogens is 328 g/mol. The molecule has 0 atom stereocenters. The van der Waals surface area contributed by atoms with E-state index in [1.54, 1.807) is 6.20 Å². The largest absolute Gasteiger partial charge is 0.423 e. The Labute approximate surface area is 148 Å². The highest BCUT2D eigenvalue weighted by Crippen LogP contribution is 2.38. The number of pyridine rings is 1. The van der Waals surface area contributed by atoms with Crippen molar-refractivity contribution in [2.45, 2.75) is 19.8 Å². The summed E-state index contributed by atoms with van der Waals surface area (Å²) in [4.78, 5) is 7.92. The summed E-state index contributed by atoms with van der Waals surface area (Å²) in [5.74, 6) is 0.845. The summed E-state index contributed by atoms with van der Waals surface area (Å²) in [5, 5.41) is 17.0. The lowest BCUT2D eigenvalue weighted by Crippen LogP contribution is -1.91. The molecule has 0 unspecified atom stereocenters.